The number of hydrogen-bond acceptors (Lipinski definition) is 5. The van der Waals surface area contributed by atoms with Gasteiger partial charge in [0.15, 0.2) is 0 Å². The van der Waals surface area contributed by atoms with Crippen molar-refractivity contribution in [2.75, 3.05) is 18.5 Å². The lowest BCUT2D eigenvalue weighted by Gasteiger charge is -2.14. The molecule has 0 aliphatic carbocycles. The molecule has 0 fully saturated rings. The highest BCUT2D eigenvalue weighted by Crippen LogP contribution is 2.21. The van der Waals surface area contributed by atoms with Gasteiger partial charge in [-0.25, -0.2) is 14.4 Å². The van der Waals surface area contributed by atoms with Crippen molar-refractivity contribution in [1.29, 1.82) is 0 Å². The number of ether oxygens (including phenoxy) is 1. The molecule has 1 heterocycles. The first-order valence-electron chi connectivity index (χ1n) is 7.33. The topological polar surface area (TPSA) is 67.3 Å². The van der Waals surface area contributed by atoms with Crippen molar-refractivity contribution in [3.63, 3.8) is 0 Å². The molecule has 0 radical (unpaired) electrons. The number of halogens is 2. The van der Waals surface area contributed by atoms with Crippen LogP contribution in [0.3, 0.4) is 0 Å². The molecule has 0 aliphatic heterocycles. The Morgan fingerprint density at radius 1 is 1.17 bits per heavy atom. The van der Waals surface area contributed by atoms with E-state index < -0.39 is 11.9 Å². The van der Waals surface area contributed by atoms with Crippen LogP contribution in [0, 0.1) is 9.39 Å². The van der Waals surface area contributed by atoms with Crippen LogP contribution in [0.15, 0.2) is 48.8 Å². The van der Waals surface area contributed by atoms with Gasteiger partial charge in [0.25, 0.3) is 0 Å². The maximum absolute atomic E-state index is 13.7. The van der Waals surface area contributed by atoms with Crippen LogP contribution in [-0.4, -0.2) is 34.3 Å². The molecule has 1 aromatic heterocycles. The lowest BCUT2D eigenvalue weighted by Crippen LogP contribution is -2.26. The molecule has 7 heteroatoms. The van der Waals surface area contributed by atoms with E-state index in [1.165, 1.54) is 12.4 Å². The first-order valence-corrected chi connectivity index (χ1v) is 8.41. The zero-order valence-electron chi connectivity index (χ0n) is 12.6. The van der Waals surface area contributed by atoms with Crippen molar-refractivity contribution >= 4 is 39.3 Å². The van der Waals surface area contributed by atoms with Crippen LogP contribution >= 0.6 is 22.6 Å². The van der Waals surface area contributed by atoms with Crippen LogP contribution in [0.5, 0.6) is 5.75 Å². The van der Waals surface area contributed by atoms with Gasteiger partial charge in [0.05, 0.1) is 0 Å². The van der Waals surface area contributed by atoms with Gasteiger partial charge in [-0.3, -0.25) is 0 Å². The molecular formula is C17H15FIN3O2. The van der Waals surface area contributed by atoms with E-state index >= 15 is 0 Å². The molecule has 1 unspecified atom stereocenters. The number of nitrogens with zero attached hydrogens (tertiary/aromatic N) is 2. The number of nitrogens with one attached hydrogen (secondary N) is 1. The van der Waals surface area contributed by atoms with Crippen LogP contribution in [0.2, 0.25) is 0 Å². The third-order valence-electron chi connectivity index (χ3n) is 3.38. The van der Waals surface area contributed by atoms with E-state index in [1.807, 2.05) is 24.3 Å². The van der Waals surface area contributed by atoms with Crippen molar-refractivity contribution in [2.24, 2.45) is 0 Å². The second-order valence-corrected chi connectivity index (χ2v) is 6.40. The molecule has 5 nitrogen and oxygen atoms in total. The minimum Gasteiger partial charge on any atom is -0.491 e. The zero-order valence-corrected chi connectivity index (χ0v) is 14.8. The second-order valence-electron chi connectivity index (χ2n) is 5.16. The monoisotopic (exact) mass is 439 g/mol. The molecule has 0 bridgehead atoms. The number of fused-ring (bicyclic) bond motifs is 1. The number of aliphatic hydroxyl groups excluding tert-OH is 1. The Kier molecular flexibility index (Phi) is 5.41. The summed E-state index contributed by atoms with van der Waals surface area (Å²) in [5.74, 6) is 0.775. The molecule has 0 saturated carbocycles. The molecule has 0 spiro atoms. The summed E-state index contributed by atoms with van der Waals surface area (Å²) in [6, 6.07) is 12.2. The normalized spacial score (nSPS) is 12.1. The number of rotatable bonds is 6. The molecule has 1 atom stereocenters. The summed E-state index contributed by atoms with van der Waals surface area (Å²) in [7, 11) is 0. The van der Waals surface area contributed by atoms with Gasteiger partial charge in [-0.15, -0.1) is 0 Å². The Morgan fingerprint density at radius 2 is 1.96 bits per heavy atom. The van der Waals surface area contributed by atoms with Crippen molar-refractivity contribution in [3.8, 4) is 5.75 Å². The largest absolute Gasteiger partial charge is 0.491 e. The molecular weight excluding hydrogens is 424 g/mol. The second kappa shape index (κ2) is 7.71. The number of hydrogen-bond donors (Lipinski definition) is 2. The quantitative estimate of drug-likeness (QED) is 0.578. The summed E-state index contributed by atoms with van der Waals surface area (Å²) in [6.45, 7) is 0.373. The first kappa shape index (κ1) is 16.8. The Balaban J connectivity index is 1.59. The third-order valence-corrected chi connectivity index (χ3v) is 4.10. The average molecular weight is 439 g/mol. The lowest BCUT2D eigenvalue weighted by molar-refractivity contribution is 0.117. The molecule has 124 valence electrons. The van der Waals surface area contributed by atoms with E-state index in [4.69, 9.17) is 4.74 Å². The Bertz CT molecular complexity index is 830. The minimum atomic E-state index is -0.733. The molecule has 2 aromatic carbocycles. The predicted octanol–water partition coefficient (Wildman–Crippen LogP) is 3.23. The van der Waals surface area contributed by atoms with Crippen molar-refractivity contribution in [1.82, 2.24) is 9.97 Å². The van der Waals surface area contributed by atoms with Crippen LogP contribution in [0.4, 0.5) is 10.2 Å². The molecule has 3 rings (SSSR count). The highest BCUT2D eigenvalue weighted by molar-refractivity contribution is 14.1. The fraction of sp³-hybridized carbons (Fsp3) is 0.176. The van der Waals surface area contributed by atoms with Crippen LogP contribution in [0.25, 0.3) is 10.9 Å². The summed E-state index contributed by atoms with van der Waals surface area (Å²) >= 11 is 2.21. The molecule has 2 N–H and O–H groups in total. The lowest BCUT2D eigenvalue weighted by atomic mass is 10.2. The van der Waals surface area contributed by atoms with E-state index in [9.17, 15) is 9.50 Å². The van der Waals surface area contributed by atoms with Gasteiger partial charge < -0.3 is 15.2 Å². The number of anilines is 1. The number of para-hydroxylation sites is 1. The Hall–Kier alpha value is -2.00. The molecule has 3 aromatic rings. The molecule has 0 saturated heterocycles. The number of aromatic nitrogens is 2. The van der Waals surface area contributed by atoms with E-state index in [0.717, 1.165) is 3.57 Å². The van der Waals surface area contributed by atoms with E-state index in [-0.39, 0.29) is 18.7 Å². The summed E-state index contributed by atoms with van der Waals surface area (Å²) in [5, 5.41) is 13.6. The summed E-state index contributed by atoms with van der Waals surface area (Å²) in [5.41, 5.74) is 0.250. The van der Waals surface area contributed by atoms with Gasteiger partial charge in [0.2, 0.25) is 0 Å². The summed E-state index contributed by atoms with van der Waals surface area (Å²) < 4.78 is 20.4. The van der Waals surface area contributed by atoms with E-state index in [1.54, 1.807) is 12.1 Å². The smallest absolute Gasteiger partial charge is 0.149 e. The van der Waals surface area contributed by atoms with Crippen LogP contribution < -0.4 is 10.1 Å². The van der Waals surface area contributed by atoms with Crippen molar-refractivity contribution < 1.29 is 14.2 Å². The van der Waals surface area contributed by atoms with Crippen LogP contribution in [0.1, 0.15) is 0 Å². The minimum absolute atomic E-state index is 0.144. The van der Waals surface area contributed by atoms with Crippen molar-refractivity contribution in [2.45, 2.75) is 6.10 Å². The fourth-order valence-corrected chi connectivity index (χ4v) is 2.55. The molecule has 0 amide bonds. The van der Waals surface area contributed by atoms with Gasteiger partial charge >= 0.3 is 0 Å². The fourth-order valence-electron chi connectivity index (χ4n) is 2.19. The number of aliphatic hydroxyl groups is 1. The van der Waals surface area contributed by atoms with Crippen LogP contribution in [-0.2, 0) is 0 Å². The van der Waals surface area contributed by atoms with Gasteiger partial charge in [0, 0.05) is 15.5 Å². The maximum Gasteiger partial charge on any atom is 0.149 e. The predicted molar refractivity (Wildman–Crippen MR) is 98.6 cm³/mol. The van der Waals surface area contributed by atoms with E-state index in [0.29, 0.717) is 17.0 Å². The maximum atomic E-state index is 13.7. The SMILES string of the molecule is OC(CNc1ncnc2c(F)cccc12)COc1ccc(I)cc1. The standard InChI is InChI=1S/C17H15FIN3O2/c18-15-3-1-2-14-16(15)21-10-22-17(14)20-8-12(23)9-24-13-6-4-11(19)5-7-13/h1-7,10,12,23H,8-9H2,(H,20,21,22). The highest BCUT2D eigenvalue weighted by Gasteiger charge is 2.10. The van der Waals surface area contributed by atoms with E-state index in [2.05, 4.69) is 37.9 Å². The first-order chi connectivity index (χ1) is 11.6. The third kappa shape index (κ3) is 4.09. The Morgan fingerprint density at radius 3 is 2.75 bits per heavy atom. The summed E-state index contributed by atoms with van der Waals surface area (Å²) in [6.07, 6.45) is 0.560. The molecule has 24 heavy (non-hydrogen) atoms. The highest BCUT2D eigenvalue weighted by atomic mass is 127. The van der Waals surface area contributed by atoms with Gasteiger partial charge in [-0.1, -0.05) is 6.07 Å². The van der Waals surface area contributed by atoms with Gasteiger partial charge in [-0.05, 0) is 59.0 Å². The summed E-state index contributed by atoms with van der Waals surface area (Å²) in [4.78, 5) is 8.04. The van der Waals surface area contributed by atoms with Gasteiger partial charge in [-0.2, -0.15) is 0 Å². The van der Waals surface area contributed by atoms with Gasteiger partial charge in [0.1, 0.15) is 41.9 Å². The Labute approximate surface area is 152 Å². The average Bonchev–Trinajstić information content (AvgIpc) is 2.60. The number of benzene rings is 2. The zero-order chi connectivity index (χ0) is 16.9. The molecule has 0 aliphatic rings. The van der Waals surface area contributed by atoms with Crippen molar-refractivity contribution in [3.05, 3.63) is 58.2 Å².